The quantitative estimate of drug-likeness (QED) is 0.741. The van der Waals surface area contributed by atoms with E-state index in [1.807, 2.05) is 0 Å². The number of hydrogen-bond donors (Lipinski definition) is 2. The Bertz CT molecular complexity index is 906. The monoisotopic (exact) mass is 350 g/mol. The zero-order valence-corrected chi connectivity index (χ0v) is 13.5. The van der Waals surface area contributed by atoms with Crippen molar-refractivity contribution in [3.63, 3.8) is 0 Å². The van der Waals surface area contributed by atoms with E-state index in [0.717, 1.165) is 0 Å². The maximum atomic E-state index is 12.2. The van der Waals surface area contributed by atoms with Gasteiger partial charge < -0.3 is 30.4 Å². The third-order valence-corrected chi connectivity index (χ3v) is 4.06. The first kappa shape index (κ1) is 17.2. The van der Waals surface area contributed by atoms with Crippen molar-refractivity contribution in [1.82, 2.24) is 0 Å². The van der Waals surface area contributed by atoms with Crippen molar-refractivity contribution in [2.45, 2.75) is 12.1 Å². The van der Waals surface area contributed by atoms with Crippen molar-refractivity contribution in [1.29, 1.82) is 0 Å². The summed E-state index contributed by atoms with van der Waals surface area (Å²) in [4.78, 5) is 34.7. The molecule has 0 heterocycles. The molecule has 0 saturated heterocycles. The largest absolute Gasteiger partial charge is 0.545 e. The molecular formula is C19H14N2O5-2. The number of carbonyl (C=O) groups is 3. The maximum absolute atomic E-state index is 12.2. The topological polar surface area (TPSA) is 121 Å². The number of hydrogen-bond acceptors (Lipinski definition) is 7. The number of aromatic carboxylic acids is 2. The average molecular weight is 350 g/mol. The standard InChI is InChI=1S/C19H16N2O5/c22-16-10-9-15(20-13-7-3-1-5-11(13)18(23)24)17(16)21-14-8-4-2-6-12(14)19(25)26/h1-10,15,17,20-21H,(H,23,24)(H,25,26)/p-2/t15-,17+/m0/s1. The minimum absolute atomic E-state index is 0.0332. The van der Waals surface area contributed by atoms with Crippen LogP contribution >= 0.6 is 0 Å². The van der Waals surface area contributed by atoms with Crippen LogP contribution in [0.5, 0.6) is 0 Å². The van der Waals surface area contributed by atoms with Gasteiger partial charge in [-0.1, -0.05) is 42.5 Å². The number of benzene rings is 2. The van der Waals surface area contributed by atoms with E-state index >= 15 is 0 Å². The van der Waals surface area contributed by atoms with Crippen molar-refractivity contribution in [2.75, 3.05) is 10.6 Å². The van der Waals surface area contributed by atoms with Crippen LogP contribution in [0.15, 0.2) is 60.7 Å². The van der Waals surface area contributed by atoms with E-state index in [1.165, 1.54) is 24.3 Å². The molecule has 0 saturated carbocycles. The number of para-hydroxylation sites is 2. The van der Waals surface area contributed by atoms with Gasteiger partial charge in [0.1, 0.15) is 6.04 Å². The van der Waals surface area contributed by atoms with Gasteiger partial charge in [-0.05, 0) is 18.2 Å². The summed E-state index contributed by atoms with van der Waals surface area (Å²) < 4.78 is 0. The molecule has 0 spiro atoms. The molecule has 2 atom stereocenters. The van der Waals surface area contributed by atoms with Crippen LogP contribution in [0.25, 0.3) is 0 Å². The third-order valence-electron chi connectivity index (χ3n) is 4.06. The average Bonchev–Trinajstić information content (AvgIpc) is 2.95. The van der Waals surface area contributed by atoms with Crippen LogP contribution in [-0.4, -0.2) is 29.8 Å². The van der Waals surface area contributed by atoms with Gasteiger partial charge in [-0.15, -0.1) is 0 Å². The minimum Gasteiger partial charge on any atom is -0.545 e. The molecule has 26 heavy (non-hydrogen) atoms. The summed E-state index contributed by atoms with van der Waals surface area (Å²) in [5, 5.41) is 28.3. The zero-order valence-electron chi connectivity index (χ0n) is 13.5. The lowest BCUT2D eigenvalue weighted by molar-refractivity contribution is -0.256. The highest BCUT2D eigenvalue weighted by Gasteiger charge is 2.31. The Labute approximate surface area is 149 Å². The van der Waals surface area contributed by atoms with Gasteiger partial charge in [0.05, 0.1) is 18.0 Å². The summed E-state index contributed by atoms with van der Waals surface area (Å²) in [6.07, 6.45) is 2.95. The summed E-state index contributed by atoms with van der Waals surface area (Å²) in [6, 6.07) is 10.9. The fraction of sp³-hybridized carbons (Fsp3) is 0.105. The number of rotatable bonds is 6. The highest BCUT2D eigenvalue weighted by Crippen LogP contribution is 2.23. The van der Waals surface area contributed by atoms with E-state index in [4.69, 9.17) is 0 Å². The number of carbonyl (C=O) groups excluding carboxylic acids is 3. The molecule has 132 valence electrons. The first-order chi connectivity index (χ1) is 12.5. The number of nitrogens with one attached hydrogen (secondary N) is 2. The normalized spacial score (nSPS) is 18.5. The second-order valence-corrected chi connectivity index (χ2v) is 5.72. The van der Waals surface area contributed by atoms with E-state index < -0.39 is 24.0 Å². The van der Waals surface area contributed by atoms with Crippen LogP contribution in [0.4, 0.5) is 11.4 Å². The molecule has 0 fully saturated rings. The Hall–Kier alpha value is -3.61. The number of carboxylic acid groups (broad SMARTS) is 2. The molecule has 0 radical (unpaired) electrons. The number of carboxylic acids is 2. The van der Waals surface area contributed by atoms with Crippen LogP contribution in [0.3, 0.4) is 0 Å². The van der Waals surface area contributed by atoms with E-state index in [0.29, 0.717) is 5.69 Å². The molecule has 1 aliphatic rings. The van der Waals surface area contributed by atoms with E-state index in [-0.39, 0.29) is 22.6 Å². The van der Waals surface area contributed by atoms with Crippen LogP contribution in [0.1, 0.15) is 20.7 Å². The molecule has 7 heteroatoms. The first-order valence-corrected chi connectivity index (χ1v) is 7.83. The molecular weight excluding hydrogens is 336 g/mol. The lowest BCUT2D eigenvalue weighted by Gasteiger charge is -2.25. The van der Waals surface area contributed by atoms with Gasteiger partial charge in [0, 0.05) is 22.5 Å². The Morgan fingerprint density at radius 1 is 0.808 bits per heavy atom. The Morgan fingerprint density at radius 2 is 1.31 bits per heavy atom. The second-order valence-electron chi connectivity index (χ2n) is 5.72. The van der Waals surface area contributed by atoms with Gasteiger partial charge in [0.15, 0.2) is 5.78 Å². The van der Waals surface area contributed by atoms with Gasteiger partial charge in [-0.2, -0.15) is 0 Å². The van der Waals surface area contributed by atoms with Crippen molar-refractivity contribution in [3.05, 3.63) is 71.8 Å². The van der Waals surface area contributed by atoms with Gasteiger partial charge in [0.2, 0.25) is 0 Å². The van der Waals surface area contributed by atoms with Crippen molar-refractivity contribution in [2.24, 2.45) is 0 Å². The predicted molar refractivity (Wildman–Crippen MR) is 90.5 cm³/mol. The summed E-state index contributed by atoms with van der Waals surface area (Å²) in [5.41, 5.74) is 0.446. The smallest absolute Gasteiger partial charge is 0.180 e. The highest BCUT2D eigenvalue weighted by molar-refractivity contribution is 6.02. The highest BCUT2D eigenvalue weighted by atomic mass is 16.4. The SMILES string of the molecule is O=C([O-])c1ccccc1N[C@H]1C=CC(=O)[C@@H]1Nc1ccccc1C(=O)[O-]. The summed E-state index contributed by atoms with van der Waals surface area (Å²) >= 11 is 0. The molecule has 2 aromatic rings. The van der Waals surface area contributed by atoms with Gasteiger partial charge in [-0.3, -0.25) is 4.79 Å². The minimum atomic E-state index is -1.36. The lowest BCUT2D eigenvalue weighted by Crippen LogP contribution is -2.40. The second kappa shape index (κ2) is 7.10. The number of anilines is 2. The molecule has 0 aliphatic heterocycles. The predicted octanol–water partition coefficient (Wildman–Crippen LogP) is -0.186. The van der Waals surface area contributed by atoms with Crippen molar-refractivity contribution in [3.8, 4) is 0 Å². The van der Waals surface area contributed by atoms with Crippen LogP contribution in [0.2, 0.25) is 0 Å². The van der Waals surface area contributed by atoms with Crippen molar-refractivity contribution < 1.29 is 24.6 Å². The number of ketones is 1. The van der Waals surface area contributed by atoms with Crippen LogP contribution < -0.4 is 20.8 Å². The van der Waals surface area contributed by atoms with Crippen molar-refractivity contribution >= 4 is 29.1 Å². The molecule has 0 unspecified atom stereocenters. The molecule has 3 rings (SSSR count). The Kier molecular flexibility index (Phi) is 4.70. The lowest BCUT2D eigenvalue weighted by atomic mass is 10.1. The molecule has 7 nitrogen and oxygen atoms in total. The van der Waals surface area contributed by atoms with Crippen LogP contribution in [-0.2, 0) is 4.79 Å². The summed E-state index contributed by atoms with van der Waals surface area (Å²) in [7, 11) is 0. The molecule has 0 amide bonds. The van der Waals surface area contributed by atoms with Gasteiger partial charge in [-0.25, -0.2) is 0 Å². The molecule has 2 N–H and O–H groups in total. The van der Waals surface area contributed by atoms with E-state index in [9.17, 15) is 24.6 Å². The maximum Gasteiger partial charge on any atom is 0.180 e. The molecule has 0 aromatic heterocycles. The third kappa shape index (κ3) is 3.41. The van der Waals surface area contributed by atoms with Gasteiger partial charge >= 0.3 is 0 Å². The molecule has 0 bridgehead atoms. The Balaban J connectivity index is 1.86. The summed E-state index contributed by atoms with van der Waals surface area (Å²) in [6.45, 7) is 0. The fourth-order valence-corrected chi connectivity index (χ4v) is 2.80. The fourth-order valence-electron chi connectivity index (χ4n) is 2.80. The zero-order chi connectivity index (χ0) is 18.7. The van der Waals surface area contributed by atoms with E-state index in [1.54, 1.807) is 36.4 Å². The summed E-state index contributed by atoms with van der Waals surface area (Å²) in [5.74, 6) is -2.96. The van der Waals surface area contributed by atoms with Gasteiger partial charge in [0.25, 0.3) is 0 Å². The van der Waals surface area contributed by atoms with E-state index in [2.05, 4.69) is 10.6 Å². The molecule has 1 aliphatic carbocycles. The Morgan fingerprint density at radius 3 is 1.85 bits per heavy atom. The first-order valence-electron chi connectivity index (χ1n) is 7.83. The molecule has 2 aromatic carbocycles. The van der Waals surface area contributed by atoms with Crippen LogP contribution in [0, 0.1) is 0 Å².